The third kappa shape index (κ3) is 12.9. The van der Waals surface area contributed by atoms with E-state index in [9.17, 15) is 0 Å². The number of hydrogen-bond donors (Lipinski definition) is 1. The molecule has 5 nitrogen and oxygen atoms in total. The molecule has 0 saturated heterocycles. The van der Waals surface area contributed by atoms with Crippen LogP contribution in [0.3, 0.4) is 0 Å². The molecular weight excluding hydrogens is 789 g/mol. The van der Waals surface area contributed by atoms with Crippen molar-refractivity contribution in [1.29, 1.82) is 0 Å². The van der Waals surface area contributed by atoms with Gasteiger partial charge in [-0.05, 0) is 44.0 Å². The maximum atomic E-state index is 6.03. The summed E-state index contributed by atoms with van der Waals surface area (Å²) in [5.41, 5.74) is 6.32. The maximum absolute atomic E-state index is 6.03. The normalized spacial score (nSPS) is 11.9. The van der Waals surface area contributed by atoms with Crippen molar-refractivity contribution < 1.29 is 24.5 Å². The summed E-state index contributed by atoms with van der Waals surface area (Å²) in [5.74, 6) is 2.90. The Balaban J connectivity index is 0.000000218. The van der Waals surface area contributed by atoms with Crippen LogP contribution in [0.15, 0.2) is 144 Å². The van der Waals surface area contributed by atoms with E-state index in [4.69, 9.17) is 24.5 Å². The Hall–Kier alpha value is -4.84. The van der Waals surface area contributed by atoms with Crippen LogP contribution in [0.5, 0.6) is 11.5 Å². The van der Waals surface area contributed by atoms with Crippen molar-refractivity contribution >= 4 is 42.7 Å². The predicted octanol–water partition coefficient (Wildman–Crippen LogP) is 12.3. The van der Waals surface area contributed by atoms with Crippen LogP contribution in [0.2, 0.25) is 0 Å². The number of methoxy groups -OCH3 is 1. The molecule has 0 spiro atoms. The van der Waals surface area contributed by atoms with Crippen molar-refractivity contribution in [1.82, 2.24) is 9.97 Å². The molecule has 0 amide bonds. The minimum atomic E-state index is 0.0789. The van der Waals surface area contributed by atoms with Crippen molar-refractivity contribution in [2.45, 2.75) is 52.0 Å². The summed E-state index contributed by atoms with van der Waals surface area (Å²) in [4.78, 5) is 9.30. The second-order valence-electron chi connectivity index (χ2n) is 13.0. The van der Waals surface area contributed by atoms with Crippen molar-refractivity contribution in [2.75, 3.05) is 19.0 Å². The SMILES string of the molecule is [CH2-]CCCCCCOc1cc2nc(C)nc(N[C@H](C)c3cccc(Br)c3)c2cc1OC.[Ni]=[C](/C=C(\C=[C-]c1ccccc1)c1ccccc1)c1ccccc1. The number of ether oxygens (including phenoxy) is 2. The molecule has 286 valence electrons. The summed E-state index contributed by atoms with van der Waals surface area (Å²) in [6.45, 7) is 8.57. The van der Waals surface area contributed by atoms with E-state index in [1.165, 1.54) is 18.4 Å². The Morgan fingerprint density at radius 3 is 2.16 bits per heavy atom. The fourth-order valence-electron chi connectivity index (χ4n) is 5.85. The summed E-state index contributed by atoms with van der Waals surface area (Å²) in [6, 6.07) is 42.7. The van der Waals surface area contributed by atoms with Crippen LogP contribution in [-0.4, -0.2) is 28.2 Å². The molecule has 6 rings (SSSR count). The number of hydrogen-bond acceptors (Lipinski definition) is 5. The number of unbranched alkanes of at least 4 members (excludes halogenated alkanes) is 4. The van der Waals surface area contributed by atoms with Crippen LogP contribution in [-0.2, 0) is 15.0 Å². The second kappa shape index (κ2) is 21.9. The van der Waals surface area contributed by atoms with E-state index in [-0.39, 0.29) is 6.04 Å². The number of aryl methyl sites for hydroxylation is 1. The summed E-state index contributed by atoms with van der Waals surface area (Å²) < 4.78 is 13.6. The van der Waals surface area contributed by atoms with Gasteiger partial charge in [-0.3, -0.25) is 0 Å². The van der Waals surface area contributed by atoms with Gasteiger partial charge in [-0.2, -0.15) is 6.42 Å². The monoisotopic (exact) mass is 835 g/mol. The van der Waals surface area contributed by atoms with Crippen molar-refractivity contribution in [3.63, 3.8) is 0 Å². The summed E-state index contributed by atoms with van der Waals surface area (Å²) in [5, 5.41) is 4.45. The van der Waals surface area contributed by atoms with Gasteiger partial charge in [0.1, 0.15) is 11.6 Å². The number of nitrogens with one attached hydrogen (secondary N) is 1. The molecule has 0 bridgehead atoms. The molecule has 7 heteroatoms. The average Bonchev–Trinajstić information content (AvgIpc) is 3.21. The van der Waals surface area contributed by atoms with Crippen LogP contribution < -0.4 is 14.8 Å². The van der Waals surface area contributed by atoms with Crippen molar-refractivity contribution in [3.05, 3.63) is 185 Å². The van der Waals surface area contributed by atoms with E-state index < -0.39 is 0 Å². The van der Waals surface area contributed by atoms with E-state index in [1.54, 1.807) is 7.11 Å². The number of fused-ring (bicyclic) bond motifs is 1. The fourth-order valence-corrected chi connectivity index (χ4v) is 6.58. The van der Waals surface area contributed by atoms with E-state index in [0.29, 0.717) is 18.2 Å². The number of nitrogens with zero attached hydrogens (tertiary/aromatic N) is 2. The van der Waals surface area contributed by atoms with Crippen LogP contribution >= 0.6 is 15.9 Å². The molecule has 1 atom stereocenters. The minimum absolute atomic E-state index is 0.0789. The van der Waals surface area contributed by atoms with Crippen LogP contribution in [0, 0.1) is 19.9 Å². The fraction of sp³-hybridized carbons (Fsp3) is 0.208. The molecule has 5 aromatic carbocycles. The quantitative estimate of drug-likeness (QED) is 0.0455. The number of benzene rings is 5. The molecule has 1 heterocycles. The molecule has 0 aliphatic rings. The van der Waals surface area contributed by atoms with Gasteiger partial charge in [0, 0.05) is 15.9 Å². The number of halogens is 1. The van der Waals surface area contributed by atoms with Gasteiger partial charge >= 0.3 is 151 Å². The van der Waals surface area contributed by atoms with Crippen molar-refractivity contribution in [3.8, 4) is 11.5 Å². The average molecular weight is 838 g/mol. The van der Waals surface area contributed by atoms with Gasteiger partial charge < -0.3 is 21.7 Å². The number of anilines is 1. The van der Waals surface area contributed by atoms with E-state index in [2.05, 4.69) is 81.5 Å². The summed E-state index contributed by atoms with van der Waals surface area (Å²) >= 11 is 8.80. The molecule has 0 saturated carbocycles. The Bertz CT molecular complexity index is 2170. The van der Waals surface area contributed by atoms with Gasteiger partial charge in [0.25, 0.3) is 0 Å². The zero-order chi connectivity index (χ0) is 38.8. The number of rotatable bonds is 16. The van der Waals surface area contributed by atoms with Gasteiger partial charge in [-0.25, -0.2) is 9.97 Å². The van der Waals surface area contributed by atoms with Gasteiger partial charge in [0.05, 0.1) is 25.3 Å². The first-order chi connectivity index (χ1) is 26.8. The third-order valence-corrected chi connectivity index (χ3v) is 9.70. The van der Waals surface area contributed by atoms with Gasteiger partial charge in [-0.15, -0.1) is 0 Å². The molecule has 0 fully saturated rings. The van der Waals surface area contributed by atoms with E-state index in [1.807, 2.05) is 116 Å². The molecule has 0 radical (unpaired) electrons. The molecule has 55 heavy (non-hydrogen) atoms. The Morgan fingerprint density at radius 1 is 0.818 bits per heavy atom. The topological polar surface area (TPSA) is 56.3 Å². The summed E-state index contributed by atoms with van der Waals surface area (Å²) in [6.07, 6.45) is 12.9. The third-order valence-electron chi connectivity index (χ3n) is 8.78. The first kappa shape index (κ1) is 41.3. The summed E-state index contributed by atoms with van der Waals surface area (Å²) in [7, 11) is 1.66. The van der Waals surface area contributed by atoms with Gasteiger partial charge in [-0.1, -0.05) is 47.3 Å². The zero-order valence-electron chi connectivity index (χ0n) is 31.7. The molecular formula is C48H48BrN3NiO2-2. The molecule has 1 N–H and O–H groups in total. The van der Waals surface area contributed by atoms with Crippen LogP contribution in [0.25, 0.3) is 16.5 Å². The number of allylic oxidation sites excluding steroid dienone is 3. The predicted molar refractivity (Wildman–Crippen MR) is 229 cm³/mol. The van der Waals surface area contributed by atoms with Gasteiger partial charge in [0.15, 0.2) is 11.5 Å². The molecule has 0 aliphatic carbocycles. The molecule has 6 aromatic rings. The standard InChI is InChI=1S/C25H31BrN3O2.C23H17.Ni/c1-5-6-7-8-9-13-31-24-16-22-21(15-23(24)30-4)25(29-18(3)28-22)27-17(2)19-11-10-12-20(26)14-19;1-4-10-20(11-5-1)16-18-23(22-14-8-3-9-15-22)19-17-21-12-6-2-7-13-21;/h10-12,14-17H,1,5-9,13H2,2-4H3,(H,27,28,29);1-15,18-19H;/q2*-1;/b;23-18+;/t17-;;/m1../s1. The molecule has 1 aromatic heterocycles. The first-order valence-corrected chi connectivity index (χ1v) is 19.9. The Labute approximate surface area is 343 Å². The van der Waals surface area contributed by atoms with Crippen LogP contribution in [0.4, 0.5) is 5.82 Å². The zero-order valence-corrected chi connectivity index (χ0v) is 34.3. The van der Waals surface area contributed by atoms with Crippen molar-refractivity contribution in [2.24, 2.45) is 0 Å². The van der Waals surface area contributed by atoms with Gasteiger partial charge in [0.2, 0.25) is 0 Å². The Kier molecular flexibility index (Phi) is 16.5. The van der Waals surface area contributed by atoms with E-state index >= 15 is 0 Å². The first-order valence-electron chi connectivity index (χ1n) is 18.6. The van der Waals surface area contributed by atoms with E-state index in [0.717, 1.165) is 73.0 Å². The second-order valence-corrected chi connectivity index (χ2v) is 14.4. The van der Waals surface area contributed by atoms with Crippen LogP contribution in [0.1, 0.15) is 73.1 Å². The molecule has 0 aliphatic heterocycles. The number of aromatic nitrogens is 2. The molecule has 0 unspecified atom stereocenters. The Morgan fingerprint density at radius 2 is 1.49 bits per heavy atom.